The summed E-state index contributed by atoms with van der Waals surface area (Å²) in [7, 11) is 0. The summed E-state index contributed by atoms with van der Waals surface area (Å²) < 4.78 is 5.88. The minimum Gasteiger partial charge on any atom is -0.450 e. The Labute approximate surface area is 178 Å². The highest BCUT2D eigenvalue weighted by molar-refractivity contribution is 7.15. The van der Waals surface area contributed by atoms with Crippen LogP contribution in [0.3, 0.4) is 0 Å². The molecule has 1 aliphatic heterocycles. The lowest BCUT2D eigenvalue weighted by Crippen LogP contribution is -2.29. The first-order valence-electron chi connectivity index (χ1n) is 9.30. The molecule has 1 aliphatic rings. The number of amides is 1. The maximum atomic E-state index is 13.5. The molecule has 1 amide bonds. The van der Waals surface area contributed by atoms with Gasteiger partial charge in [-0.2, -0.15) is 0 Å². The van der Waals surface area contributed by atoms with E-state index in [4.69, 9.17) is 4.42 Å². The van der Waals surface area contributed by atoms with Crippen molar-refractivity contribution in [2.24, 2.45) is 0 Å². The summed E-state index contributed by atoms with van der Waals surface area (Å²) in [5, 5.41) is 20.5. The Hall–Kier alpha value is -3.92. The molecular weight excluding hydrogens is 420 g/mol. The Balaban J connectivity index is 1.79. The second kappa shape index (κ2) is 6.81. The Bertz CT molecular complexity index is 1440. The summed E-state index contributed by atoms with van der Waals surface area (Å²) in [6, 6.07) is 10.1. The minimum absolute atomic E-state index is 0.0578. The zero-order valence-corrected chi connectivity index (χ0v) is 17.2. The third-order valence-corrected chi connectivity index (χ3v) is 6.00. The highest BCUT2D eigenvalue weighted by atomic mass is 32.1. The van der Waals surface area contributed by atoms with Gasteiger partial charge in [0.05, 0.1) is 21.9 Å². The molecule has 31 heavy (non-hydrogen) atoms. The Morgan fingerprint density at radius 1 is 1.10 bits per heavy atom. The number of hydrogen-bond acceptors (Lipinski definition) is 8. The van der Waals surface area contributed by atoms with Gasteiger partial charge in [-0.3, -0.25) is 24.6 Å². The monoisotopic (exact) mass is 434 g/mol. The van der Waals surface area contributed by atoms with Crippen molar-refractivity contribution in [3.05, 3.63) is 90.3 Å². The van der Waals surface area contributed by atoms with E-state index in [9.17, 15) is 19.7 Å². The lowest BCUT2D eigenvalue weighted by Gasteiger charge is -2.21. The van der Waals surface area contributed by atoms with Gasteiger partial charge in [-0.25, -0.2) is 0 Å². The Morgan fingerprint density at radius 3 is 2.48 bits per heavy atom. The molecule has 0 N–H and O–H groups in total. The molecule has 3 heterocycles. The number of non-ortho nitro benzene ring substituents is 1. The summed E-state index contributed by atoms with van der Waals surface area (Å²) >= 11 is 1.21. The van der Waals surface area contributed by atoms with Crippen LogP contribution < -0.4 is 10.3 Å². The second-order valence-electron chi connectivity index (χ2n) is 7.20. The van der Waals surface area contributed by atoms with E-state index in [0.717, 1.165) is 5.56 Å². The molecule has 4 aromatic rings. The number of nitrogens with zero attached hydrogens (tertiary/aromatic N) is 4. The van der Waals surface area contributed by atoms with E-state index < -0.39 is 16.9 Å². The van der Waals surface area contributed by atoms with E-state index in [-0.39, 0.29) is 22.4 Å². The minimum atomic E-state index is -0.836. The molecule has 0 unspecified atom stereocenters. The van der Waals surface area contributed by atoms with Gasteiger partial charge >= 0.3 is 0 Å². The van der Waals surface area contributed by atoms with Gasteiger partial charge in [0.15, 0.2) is 5.43 Å². The summed E-state index contributed by atoms with van der Waals surface area (Å²) in [5.41, 5.74) is 1.51. The van der Waals surface area contributed by atoms with E-state index in [1.807, 2.05) is 6.92 Å². The molecule has 0 saturated heterocycles. The number of carbonyl (C=O) groups is 1. The van der Waals surface area contributed by atoms with Gasteiger partial charge in [0, 0.05) is 12.1 Å². The van der Waals surface area contributed by atoms with Gasteiger partial charge < -0.3 is 4.42 Å². The molecule has 5 rings (SSSR count). The number of benzene rings is 2. The standard InChI is InChI=1S/C21H14N4O5S/c1-10-3-8-15-14(9-10)18(26)16-17(12-4-6-13(7-5-12)25(28)29)24(20(27)19(16)30-15)21-23-22-11(2)31-21/h3-9,17H,1-2H3/t17-/m1/s1. The lowest BCUT2D eigenvalue weighted by molar-refractivity contribution is -0.384. The fraction of sp³-hybridized carbons (Fsp3) is 0.143. The summed E-state index contributed by atoms with van der Waals surface area (Å²) in [6.45, 7) is 3.62. The van der Waals surface area contributed by atoms with E-state index >= 15 is 0 Å². The van der Waals surface area contributed by atoms with Crippen LogP contribution in [-0.2, 0) is 0 Å². The molecule has 0 saturated carbocycles. The largest absolute Gasteiger partial charge is 0.450 e. The Morgan fingerprint density at radius 2 is 1.84 bits per heavy atom. The van der Waals surface area contributed by atoms with E-state index in [1.54, 1.807) is 25.1 Å². The summed E-state index contributed by atoms with van der Waals surface area (Å²) in [4.78, 5) is 38.8. The zero-order chi connectivity index (χ0) is 21.9. The number of aryl methyl sites for hydroxylation is 2. The number of nitro groups is 1. The van der Waals surface area contributed by atoms with Crippen molar-refractivity contribution in [3.63, 3.8) is 0 Å². The Kier molecular flexibility index (Phi) is 4.19. The van der Waals surface area contributed by atoms with E-state index in [2.05, 4.69) is 10.2 Å². The number of nitro benzene ring substituents is 1. The molecule has 0 spiro atoms. The van der Waals surface area contributed by atoms with Crippen LogP contribution in [0.4, 0.5) is 10.8 Å². The fourth-order valence-electron chi connectivity index (χ4n) is 3.76. The van der Waals surface area contributed by atoms with Crippen molar-refractivity contribution in [2.45, 2.75) is 19.9 Å². The highest BCUT2D eigenvalue weighted by Gasteiger charge is 2.45. The van der Waals surface area contributed by atoms with Crippen molar-refractivity contribution >= 4 is 39.0 Å². The predicted octanol–water partition coefficient (Wildman–Crippen LogP) is 3.92. The normalized spacial score (nSPS) is 15.5. The second-order valence-corrected chi connectivity index (χ2v) is 8.36. The van der Waals surface area contributed by atoms with Crippen LogP contribution in [0.1, 0.15) is 38.3 Å². The van der Waals surface area contributed by atoms with Crippen LogP contribution in [0.15, 0.2) is 51.7 Å². The smallest absolute Gasteiger partial charge is 0.297 e. The van der Waals surface area contributed by atoms with Crippen molar-refractivity contribution < 1.29 is 14.1 Å². The number of hydrogen-bond donors (Lipinski definition) is 0. The van der Waals surface area contributed by atoms with Gasteiger partial charge in [0.2, 0.25) is 10.9 Å². The van der Waals surface area contributed by atoms with Crippen LogP contribution in [0, 0.1) is 24.0 Å². The maximum absolute atomic E-state index is 13.5. The predicted molar refractivity (Wildman–Crippen MR) is 114 cm³/mol. The van der Waals surface area contributed by atoms with Crippen LogP contribution in [-0.4, -0.2) is 21.0 Å². The summed E-state index contributed by atoms with van der Waals surface area (Å²) in [6.07, 6.45) is 0. The molecule has 1 atom stereocenters. The van der Waals surface area contributed by atoms with Crippen molar-refractivity contribution in [3.8, 4) is 0 Å². The molecule has 0 aliphatic carbocycles. The number of aromatic nitrogens is 2. The number of fused-ring (bicyclic) bond motifs is 2. The third kappa shape index (κ3) is 2.91. The SMILES string of the molecule is Cc1ccc2oc3c(c(=O)c2c1)[C@@H](c1ccc([N+](=O)[O-])cc1)N(c1nnc(C)s1)C3=O. The third-order valence-electron chi connectivity index (χ3n) is 5.17. The number of anilines is 1. The van der Waals surface area contributed by atoms with Crippen LogP contribution in [0.5, 0.6) is 0 Å². The van der Waals surface area contributed by atoms with E-state index in [0.29, 0.717) is 26.7 Å². The van der Waals surface area contributed by atoms with Crippen LogP contribution >= 0.6 is 11.3 Å². The van der Waals surface area contributed by atoms with Crippen molar-refractivity contribution in [1.82, 2.24) is 10.2 Å². The molecule has 0 radical (unpaired) electrons. The quantitative estimate of drug-likeness (QED) is 0.354. The van der Waals surface area contributed by atoms with Crippen LogP contribution in [0.25, 0.3) is 11.0 Å². The van der Waals surface area contributed by atoms with Crippen molar-refractivity contribution in [1.29, 1.82) is 0 Å². The molecule has 0 fully saturated rings. The maximum Gasteiger partial charge on any atom is 0.297 e. The first-order valence-corrected chi connectivity index (χ1v) is 10.1. The molecule has 10 heteroatoms. The first-order chi connectivity index (χ1) is 14.8. The number of rotatable bonds is 3. The topological polar surface area (TPSA) is 119 Å². The fourth-order valence-corrected chi connectivity index (χ4v) is 4.48. The first kappa shape index (κ1) is 19.1. The molecule has 2 aromatic carbocycles. The van der Waals surface area contributed by atoms with Gasteiger partial charge in [0.1, 0.15) is 10.6 Å². The van der Waals surface area contributed by atoms with Gasteiger partial charge in [-0.15, -0.1) is 10.2 Å². The molecular formula is C21H14N4O5S. The van der Waals surface area contributed by atoms with Gasteiger partial charge in [-0.1, -0.05) is 23.0 Å². The lowest BCUT2D eigenvalue weighted by atomic mass is 9.98. The molecule has 154 valence electrons. The molecule has 0 bridgehead atoms. The highest BCUT2D eigenvalue weighted by Crippen LogP contribution is 2.42. The average molecular weight is 434 g/mol. The van der Waals surface area contributed by atoms with Crippen LogP contribution in [0.2, 0.25) is 0 Å². The van der Waals surface area contributed by atoms with Crippen molar-refractivity contribution in [2.75, 3.05) is 4.90 Å². The van der Waals surface area contributed by atoms with Gasteiger partial charge in [-0.05, 0) is 43.7 Å². The number of carbonyl (C=O) groups excluding carboxylic acids is 1. The van der Waals surface area contributed by atoms with E-state index in [1.165, 1.54) is 40.5 Å². The summed E-state index contributed by atoms with van der Waals surface area (Å²) in [5.74, 6) is -0.563. The molecule has 9 nitrogen and oxygen atoms in total. The molecule has 2 aromatic heterocycles. The van der Waals surface area contributed by atoms with Gasteiger partial charge in [0.25, 0.3) is 11.6 Å². The zero-order valence-electron chi connectivity index (χ0n) is 16.4. The average Bonchev–Trinajstić information content (AvgIpc) is 3.30.